The summed E-state index contributed by atoms with van der Waals surface area (Å²) >= 11 is 0. The lowest BCUT2D eigenvalue weighted by atomic mass is 10.1. The summed E-state index contributed by atoms with van der Waals surface area (Å²) in [5.74, 6) is 0.610. The molecule has 1 fully saturated rings. The third-order valence-electron chi connectivity index (χ3n) is 5.58. The average molecular weight is 416 g/mol. The lowest BCUT2D eigenvalue weighted by Gasteiger charge is -2.34. The van der Waals surface area contributed by atoms with E-state index in [1.165, 1.54) is 6.07 Å². The van der Waals surface area contributed by atoms with Crippen LogP contribution in [0.4, 0.5) is 4.39 Å². The van der Waals surface area contributed by atoms with Gasteiger partial charge in [0.05, 0.1) is 0 Å². The van der Waals surface area contributed by atoms with E-state index in [9.17, 15) is 9.50 Å². The highest BCUT2D eigenvalue weighted by Crippen LogP contribution is 2.14. The molecule has 6 heteroatoms. The summed E-state index contributed by atoms with van der Waals surface area (Å²) in [7, 11) is 0. The molecule has 2 N–H and O–H groups in total. The van der Waals surface area contributed by atoms with Crippen LogP contribution < -0.4 is 10.1 Å². The topological polar surface area (TPSA) is 48.0 Å². The molecule has 0 spiro atoms. The van der Waals surface area contributed by atoms with Crippen molar-refractivity contribution in [2.45, 2.75) is 26.0 Å². The molecule has 0 aromatic heterocycles. The number of rotatable bonds is 11. The van der Waals surface area contributed by atoms with E-state index < -0.39 is 6.10 Å². The van der Waals surface area contributed by atoms with Gasteiger partial charge in [-0.2, -0.15) is 0 Å². The Hall–Kier alpha value is -1.99. The van der Waals surface area contributed by atoms with E-state index in [4.69, 9.17) is 4.74 Å². The quantitative estimate of drug-likeness (QED) is 0.553. The van der Waals surface area contributed by atoms with Gasteiger partial charge in [-0.15, -0.1) is 0 Å². The second-order valence-corrected chi connectivity index (χ2v) is 7.87. The number of nitrogens with one attached hydrogen (secondary N) is 1. The predicted octanol–water partition coefficient (Wildman–Crippen LogP) is 2.54. The van der Waals surface area contributed by atoms with Gasteiger partial charge < -0.3 is 20.1 Å². The zero-order chi connectivity index (χ0) is 21.2. The summed E-state index contributed by atoms with van der Waals surface area (Å²) in [5, 5.41) is 13.7. The number of aliphatic hydroxyl groups excluding tert-OH is 1. The van der Waals surface area contributed by atoms with Gasteiger partial charge in [0.2, 0.25) is 0 Å². The molecule has 0 radical (unpaired) electrons. The zero-order valence-corrected chi connectivity index (χ0v) is 17.9. The second kappa shape index (κ2) is 12.0. The number of aliphatic hydroxyl groups is 1. The first-order valence-corrected chi connectivity index (χ1v) is 10.9. The SMILES string of the molecule is CCN1CCN(C[C@@H](O)COc2cccc(CNCCc3ccccc3F)c2)CC1. The number of nitrogens with zero attached hydrogens (tertiary/aromatic N) is 2. The Balaban J connectivity index is 1.36. The summed E-state index contributed by atoms with van der Waals surface area (Å²) in [6, 6.07) is 14.8. The summed E-state index contributed by atoms with van der Waals surface area (Å²) in [6.07, 6.45) is 0.155. The van der Waals surface area contributed by atoms with Crippen molar-refractivity contribution in [1.82, 2.24) is 15.1 Å². The van der Waals surface area contributed by atoms with E-state index in [2.05, 4.69) is 22.0 Å². The summed E-state index contributed by atoms with van der Waals surface area (Å²) < 4.78 is 19.5. The number of hydrogen-bond donors (Lipinski definition) is 2. The molecule has 164 valence electrons. The Bertz CT molecular complexity index is 766. The molecule has 2 aromatic rings. The minimum absolute atomic E-state index is 0.152. The average Bonchev–Trinajstić information content (AvgIpc) is 2.77. The maximum atomic E-state index is 13.7. The number of β-amino-alcohol motifs (C(OH)–C–C–N with tert-alkyl or cyclic N) is 1. The van der Waals surface area contributed by atoms with Gasteiger partial charge in [-0.05, 0) is 48.8 Å². The lowest BCUT2D eigenvalue weighted by molar-refractivity contribution is 0.0471. The number of halogens is 1. The number of likely N-dealkylation sites (N-methyl/N-ethyl adjacent to an activating group) is 1. The van der Waals surface area contributed by atoms with Crippen LogP contribution in [0.15, 0.2) is 48.5 Å². The van der Waals surface area contributed by atoms with Gasteiger partial charge in [-0.1, -0.05) is 37.3 Å². The minimum Gasteiger partial charge on any atom is -0.491 e. The summed E-state index contributed by atoms with van der Waals surface area (Å²) in [5.41, 5.74) is 1.83. The molecule has 0 unspecified atom stereocenters. The summed E-state index contributed by atoms with van der Waals surface area (Å²) in [6.45, 7) is 9.74. The van der Waals surface area contributed by atoms with E-state index in [1.54, 1.807) is 6.07 Å². The molecule has 30 heavy (non-hydrogen) atoms. The molecule has 0 saturated carbocycles. The highest BCUT2D eigenvalue weighted by molar-refractivity contribution is 5.28. The Kier molecular flexibility index (Phi) is 9.08. The van der Waals surface area contributed by atoms with Crippen LogP contribution in [-0.2, 0) is 13.0 Å². The van der Waals surface area contributed by atoms with Crippen LogP contribution in [0, 0.1) is 5.82 Å². The van der Waals surface area contributed by atoms with Gasteiger partial charge in [0.1, 0.15) is 24.3 Å². The van der Waals surface area contributed by atoms with Crippen molar-refractivity contribution in [3.8, 4) is 5.75 Å². The van der Waals surface area contributed by atoms with E-state index in [-0.39, 0.29) is 12.4 Å². The van der Waals surface area contributed by atoms with Gasteiger partial charge in [-0.3, -0.25) is 4.90 Å². The molecule has 1 saturated heterocycles. The van der Waals surface area contributed by atoms with Crippen LogP contribution in [0.3, 0.4) is 0 Å². The molecular formula is C24H34FN3O2. The molecule has 1 aliphatic rings. The maximum Gasteiger partial charge on any atom is 0.126 e. The van der Waals surface area contributed by atoms with Crippen molar-refractivity contribution in [1.29, 1.82) is 0 Å². The molecule has 0 amide bonds. The highest BCUT2D eigenvalue weighted by Gasteiger charge is 2.18. The largest absolute Gasteiger partial charge is 0.491 e. The molecule has 1 heterocycles. The Morgan fingerprint density at radius 1 is 1.07 bits per heavy atom. The molecule has 5 nitrogen and oxygen atoms in total. The first-order valence-electron chi connectivity index (χ1n) is 10.9. The normalized spacial score (nSPS) is 16.5. The van der Waals surface area contributed by atoms with Crippen LogP contribution in [0.25, 0.3) is 0 Å². The molecular weight excluding hydrogens is 381 g/mol. The first kappa shape index (κ1) is 22.7. The number of benzene rings is 2. The van der Waals surface area contributed by atoms with Gasteiger partial charge in [0, 0.05) is 39.3 Å². The van der Waals surface area contributed by atoms with Crippen molar-refractivity contribution >= 4 is 0 Å². The van der Waals surface area contributed by atoms with Gasteiger partial charge >= 0.3 is 0 Å². The van der Waals surface area contributed by atoms with Crippen LogP contribution >= 0.6 is 0 Å². The fourth-order valence-electron chi connectivity index (χ4n) is 3.73. The van der Waals surface area contributed by atoms with Gasteiger partial charge in [0.15, 0.2) is 0 Å². The van der Waals surface area contributed by atoms with Gasteiger partial charge in [-0.25, -0.2) is 4.39 Å². The predicted molar refractivity (Wildman–Crippen MR) is 118 cm³/mol. The molecule has 1 aliphatic heterocycles. The van der Waals surface area contributed by atoms with E-state index >= 15 is 0 Å². The highest BCUT2D eigenvalue weighted by atomic mass is 19.1. The fraction of sp³-hybridized carbons (Fsp3) is 0.500. The van der Waals surface area contributed by atoms with Crippen LogP contribution in [-0.4, -0.2) is 73.4 Å². The van der Waals surface area contributed by atoms with Crippen molar-refractivity contribution in [2.75, 3.05) is 52.4 Å². The zero-order valence-electron chi connectivity index (χ0n) is 17.9. The fourth-order valence-corrected chi connectivity index (χ4v) is 3.73. The Labute approximate surface area is 179 Å². The number of hydrogen-bond acceptors (Lipinski definition) is 5. The Morgan fingerprint density at radius 2 is 1.83 bits per heavy atom. The summed E-state index contributed by atoms with van der Waals surface area (Å²) in [4.78, 5) is 4.73. The molecule has 0 bridgehead atoms. The smallest absolute Gasteiger partial charge is 0.126 e. The molecule has 1 atom stereocenters. The van der Waals surface area contributed by atoms with Crippen LogP contribution in [0.5, 0.6) is 5.75 Å². The lowest BCUT2D eigenvalue weighted by Crippen LogP contribution is -2.49. The third kappa shape index (κ3) is 7.36. The number of ether oxygens (including phenoxy) is 1. The van der Waals surface area contributed by atoms with Crippen molar-refractivity contribution in [3.05, 3.63) is 65.5 Å². The standard InChI is InChI=1S/C24H34FN3O2/c1-2-27-12-14-28(15-13-27)18-22(29)19-30-23-8-5-6-20(16-23)17-26-11-10-21-7-3-4-9-24(21)25/h3-9,16,22,26,29H,2,10-15,17-19H2,1H3/t22-/m1/s1. The van der Waals surface area contributed by atoms with E-state index in [0.29, 0.717) is 26.1 Å². The maximum absolute atomic E-state index is 13.7. The number of piperazine rings is 1. The molecule has 0 aliphatic carbocycles. The van der Waals surface area contributed by atoms with Crippen molar-refractivity contribution < 1.29 is 14.2 Å². The van der Waals surface area contributed by atoms with Crippen LogP contribution in [0.1, 0.15) is 18.1 Å². The van der Waals surface area contributed by atoms with Crippen molar-refractivity contribution in [2.24, 2.45) is 0 Å². The van der Waals surface area contributed by atoms with E-state index in [1.807, 2.05) is 36.4 Å². The van der Waals surface area contributed by atoms with Gasteiger partial charge in [0.25, 0.3) is 0 Å². The van der Waals surface area contributed by atoms with Crippen molar-refractivity contribution in [3.63, 3.8) is 0 Å². The van der Waals surface area contributed by atoms with Crippen LogP contribution in [0.2, 0.25) is 0 Å². The molecule has 2 aromatic carbocycles. The third-order valence-corrected chi connectivity index (χ3v) is 5.58. The van der Waals surface area contributed by atoms with E-state index in [0.717, 1.165) is 49.6 Å². The first-order chi connectivity index (χ1) is 14.6. The minimum atomic E-state index is -0.499. The second-order valence-electron chi connectivity index (χ2n) is 7.87. The Morgan fingerprint density at radius 3 is 2.60 bits per heavy atom. The monoisotopic (exact) mass is 415 g/mol. The molecule has 3 rings (SSSR count).